The lowest BCUT2D eigenvalue weighted by Crippen LogP contribution is -2.32. The number of nitrogens with one attached hydrogen (secondary N) is 1. The SMILES string of the molecule is Cc1ncn(C)c1C(=O)N[C@H](CC(C)(C)C)c1cccnc1. The van der Waals surface area contributed by atoms with Crippen molar-refractivity contribution in [3.8, 4) is 0 Å². The number of carbonyl (C=O) groups is 1. The van der Waals surface area contributed by atoms with E-state index in [2.05, 4.69) is 36.1 Å². The van der Waals surface area contributed by atoms with Crippen molar-refractivity contribution in [2.45, 2.75) is 40.2 Å². The third kappa shape index (κ3) is 3.93. The van der Waals surface area contributed by atoms with Gasteiger partial charge in [-0.1, -0.05) is 26.8 Å². The van der Waals surface area contributed by atoms with Gasteiger partial charge in [-0.2, -0.15) is 0 Å². The normalized spacial score (nSPS) is 13.0. The lowest BCUT2D eigenvalue weighted by molar-refractivity contribution is 0.0917. The molecule has 1 atom stereocenters. The Balaban J connectivity index is 2.25. The molecule has 1 amide bonds. The van der Waals surface area contributed by atoms with Crippen molar-refractivity contribution >= 4 is 5.91 Å². The molecule has 0 aliphatic heterocycles. The summed E-state index contributed by atoms with van der Waals surface area (Å²) in [4.78, 5) is 21.0. The van der Waals surface area contributed by atoms with E-state index in [1.165, 1.54) is 0 Å². The van der Waals surface area contributed by atoms with Crippen LogP contribution in [0.3, 0.4) is 0 Å². The highest BCUT2D eigenvalue weighted by Crippen LogP contribution is 2.29. The van der Waals surface area contributed by atoms with Gasteiger partial charge < -0.3 is 9.88 Å². The van der Waals surface area contributed by atoms with E-state index in [1.807, 2.05) is 32.3 Å². The molecule has 5 heteroatoms. The van der Waals surface area contributed by atoms with Gasteiger partial charge >= 0.3 is 0 Å². The van der Waals surface area contributed by atoms with Crippen molar-refractivity contribution in [3.63, 3.8) is 0 Å². The number of aryl methyl sites for hydroxylation is 2. The molecule has 0 saturated heterocycles. The Morgan fingerprint density at radius 2 is 2.14 bits per heavy atom. The maximum atomic E-state index is 12.6. The first kappa shape index (κ1) is 16.2. The van der Waals surface area contributed by atoms with Crippen LogP contribution in [0.5, 0.6) is 0 Å². The minimum Gasteiger partial charge on any atom is -0.344 e. The number of aromatic nitrogens is 3. The predicted octanol–water partition coefficient (Wildman–Crippen LogP) is 3.03. The average molecular weight is 300 g/mol. The Bertz CT molecular complexity index is 621. The first-order valence-corrected chi connectivity index (χ1v) is 7.46. The number of imidazole rings is 1. The molecule has 0 fully saturated rings. The standard InChI is InChI=1S/C17H24N4O/c1-12-15(21(5)11-19-12)16(22)20-14(9-17(2,3)4)13-7-6-8-18-10-13/h6-8,10-11,14H,9H2,1-5H3,(H,20,22)/t14-/m1/s1. The van der Waals surface area contributed by atoms with Gasteiger partial charge in [0, 0.05) is 19.4 Å². The van der Waals surface area contributed by atoms with Crippen LogP contribution in [0, 0.1) is 12.3 Å². The molecule has 22 heavy (non-hydrogen) atoms. The molecule has 0 radical (unpaired) electrons. The van der Waals surface area contributed by atoms with Crippen molar-refractivity contribution in [1.29, 1.82) is 0 Å². The first-order valence-electron chi connectivity index (χ1n) is 7.46. The second kappa shape index (κ2) is 6.30. The monoisotopic (exact) mass is 300 g/mol. The molecule has 0 spiro atoms. The molecule has 0 aromatic carbocycles. The van der Waals surface area contributed by atoms with Gasteiger partial charge in [0.25, 0.3) is 5.91 Å². The minimum atomic E-state index is -0.101. The fourth-order valence-corrected chi connectivity index (χ4v) is 2.55. The predicted molar refractivity (Wildman–Crippen MR) is 86.5 cm³/mol. The van der Waals surface area contributed by atoms with Gasteiger partial charge in [0.2, 0.25) is 0 Å². The highest BCUT2D eigenvalue weighted by molar-refractivity contribution is 5.93. The Kier molecular flexibility index (Phi) is 4.64. The van der Waals surface area contributed by atoms with Crippen LogP contribution in [-0.2, 0) is 7.05 Å². The molecule has 0 bridgehead atoms. The molecular weight excluding hydrogens is 276 g/mol. The smallest absolute Gasteiger partial charge is 0.270 e. The quantitative estimate of drug-likeness (QED) is 0.944. The van der Waals surface area contributed by atoms with E-state index >= 15 is 0 Å². The summed E-state index contributed by atoms with van der Waals surface area (Å²) in [6, 6.07) is 3.82. The topological polar surface area (TPSA) is 59.8 Å². The Labute approximate surface area is 131 Å². The molecule has 0 unspecified atom stereocenters. The van der Waals surface area contributed by atoms with Gasteiger partial charge in [-0.15, -0.1) is 0 Å². The van der Waals surface area contributed by atoms with Crippen LogP contribution in [-0.4, -0.2) is 20.4 Å². The lowest BCUT2D eigenvalue weighted by Gasteiger charge is -2.27. The molecule has 0 aliphatic rings. The third-order valence-electron chi connectivity index (χ3n) is 3.54. The van der Waals surface area contributed by atoms with Crippen LogP contribution in [0.15, 0.2) is 30.9 Å². The highest BCUT2D eigenvalue weighted by Gasteiger charge is 2.24. The van der Waals surface area contributed by atoms with Gasteiger partial charge in [-0.05, 0) is 30.4 Å². The Morgan fingerprint density at radius 3 is 2.64 bits per heavy atom. The van der Waals surface area contributed by atoms with Gasteiger partial charge in [0.05, 0.1) is 18.1 Å². The number of rotatable bonds is 4. The van der Waals surface area contributed by atoms with Crippen molar-refractivity contribution in [1.82, 2.24) is 19.9 Å². The average Bonchev–Trinajstić information content (AvgIpc) is 2.77. The summed E-state index contributed by atoms with van der Waals surface area (Å²) in [5.74, 6) is -0.101. The molecular formula is C17H24N4O. The van der Waals surface area contributed by atoms with E-state index in [-0.39, 0.29) is 17.4 Å². The number of amides is 1. The van der Waals surface area contributed by atoms with Crippen molar-refractivity contribution < 1.29 is 4.79 Å². The molecule has 2 rings (SSSR count). The zero-order valence-corrected chi connectivity index (χ0v) is 13.9. The lowest BCUT2D eigenvalue weighted by atomic mass is 9.86. The van der Waals surface area contributed by atoms with Crippen molar-refractivity contribution in [2.75, 3.05) is 0 Å². The van der Waals surface area contributed by atoms with E-state index in [9.17, 15) is 4.79 Å². The van der Waals surface area contributed by atoms with Gasteiger partial charge in [0.1, 0.15) is 5.69 Å². The second-order valence-electron chi connectivity index (χ2n) is 6.87. The maximum absolute atomic E-state index is 12.6. The largest absolute Gasteiger partial charge is 0.344 e. The Morgan fingerprint density at radius 1 is 1.41 bits per heavy atom. The van der Waals surface area contributed by atoms with E-state index in [1.54, 1.807) is 17.1 Å². The first-order chi connectivity index (χ1) is 10.3. The summed E-state index contributed by atoms with van der Waals surface area (Å²) in [5, 5.41) is 3.13. The number of carbonyl (C=O) groups excluding carboxylic acids is 1. The second-order valence-corrected chi connectivity index (χ2v) is 6.87. The van der Waals surface area contributed by atoms with E-state index in [0.29, 0.717) is 5.69 Å². The molecule has 1 N–H and O–H groups in total. The number of pyridine rings is 1. The van der Waals surface area contributed by atoms with Crippen LogP contribution >= 0.6 is 0 Å². The fraction of sp³-hybridized carbons (Fsp3) is 0.471. The molecule has 0 saturated carbocycles. The maximum Gasteiger partial charge on any atom is 0.270 e. The van der Waals surface area contributed by atoms with E-state index < -0.39 is 0 Å². The molecule has 2 aromatic rings. The fourth-order valence-electron chi connectivity index (χ4n) is 2.55. The minimum absolute atomic E-state index is 0.0736. The third-order valence-corrected chi connectivity index (χ3v) is 3.54. The zero-order valence-electron chi connectivity index (χ0n) is 13.9. The van der Waals surface area contributed by atoms with Crippen LogP contribution < -0.4 is 5.32 Å². The summed E-state index contributed by atoms with van der Waals surface area (Å²) in [6.45, 7) is 8.34. The summed E-state index contributed by atoms with van der Waals surface area (Å²) >= 11 is 0. The van der Waals surface area contributed by atoms with Crippen LogP contribution in [0.2, 0.25) is 0 Å². The molecule has 2 heterocycles. The van der Waals surface area contributed by atoms with Crippen LogP contribution in [0.4, 0.5) is 0 Å². The van der Waals surface area contributed by atoms with E-state index in [4.69, 9.17) is 0 Å². The van der Waals surface area contributed by atoms with E-state index in [0.717, 1.165) is 17.7 Å². The molecule has 118 valence electrons. The number of nitrogens with zero attached hydrogens (tertiary/aromatic N) is 3. The zero-order chi connectivity index (χ0) is 16.3. The molecule has 0 aliphatic carbocycles. The summed E-state index contributed by atoms with van der Waals surface area (Å²) < 4.78 is 1.75. The van der Waals surface area contributed by atoms with Gasteiger partial charge in [-0.3, -0.25) is 9.78 Å². The van der Waals surface area contributed by atoms with Gasteiger partial charge in [0.15, 0.2) is 0 Å². The number of hydrogen-bond donors (Lipinski definition) is 1. The number of hydrogen-bond acceptors (Lipinski definition) is 3. The Hall–Kier alpha value is -2.17. The van der Waals surface area contributed by atoms with Crippen molar-refractivity contribution in [2.24, 2.45) is 12.5 Å². The molecule has 5 nitrogen and oxygen atoms in total. The van der Waals surface area contributed by atoms with Crippen LogP contribution in [0.25, 0.3) is 0 Å². The van der Waals surface area contributed by atoms with Crippen LogP contribution in [0.1, 0.15) is 55.0 Å². The highest BCUT2D eigenvalue weighted by atomic mass is 16.2. The summed E-state index contributed by atoms with van der Waals surface area (Å²) in [7, 11) is 1.83. The van der Waals surface area contributed by atoms with Crippen molar-refractivity contribution in [3.05, 3.63) is 47.8 Å². The molecule has 2 aromatic heterocycles. The van der Waals surface area contributed by atoms with Gasteiger partial charge in [-0.25, -0.2) is 4.98 Å². The summed E-state index contributed by atoms with van der Waals surface area (Å²) in [6.07, 6.45) is 6.05. The summed E-state index contributed by atoms with van der Waals surface area (Å²) in [5.41, 5.74) is 2.45.